The Morgan fingerprint density at radius 1 is 1.17 bits per heavy atom. The van der Waals surface area contributed by atoms with Gasteiger partial charge in [0.15, 0.2) is 0 Å². The Morgan fingerprint density at radius 3 is 2.29 bits per heavy atom. The van der Waals surface area contributed by atoms with E-state index in [-0.39, 0.29) is 23.3 Å². The second kappa shape index (κ2) is 6.18. The number of aliphatic carboxylic acids is 1. The zero-order valence-electron chi connectivity index (χ0n) is 13.3. The van der Waals surface area contributed by atoms with Crippen molar-refractivity contribution in [2.24, 2.45) is 17.8 Å². The number of rotatable bonds is 5. The summed E-state index contributed by atoms with van der Waals surface area (Å²) in [4.78, 5) is 25.7. The number of hydrogen-bond acceptors (Lipinski definition) is 4. The molecule has 1 saturated carbocycles. The predicted octanol–water partition coefficient (Wildman–Crippen LogP) is 0.778. The van der Waals surface area contributed by atoms with Crippen molar-refractivity contribution in [1.29, 1.82) is 0 Å². The lowest BCUT2D eigenvalue weighted by atomic mass is 9.92. The van der Waals surface area contributed by atoms with Crippen LogP contribution in [0, 0.1) is 17.8 Å². The molecule has 0 bridgehead atoms. The molecule has 24 heavy (non-hydrogen) atoms. The maximum Gasteiger partial charge on any atom is 0.308 e. The van der Waals surface area contributed by atoms with Gasteiger partial charge in [0.2, 0.25) is 10.0 Å². The van der Waals surface area contributed by atoms with Crippen molar-refractivity contribution in [3.8, 4) is 0 Å². The molecule has 1 amide bonds. The topological polar surface area (TPSA) is 104 Å². The number of amides is 1. The molecular weight excluding hydrogens is 332 g/mol. The number of carbonyl (C=O) groups excluding carboxylic acids is 1. The van der Waals surface area contributed by atoms with E-state index >= 15 is 0 Å². The van der Waals surface area contributed by atoms with Gasteiger partial charge in [-0.25, -0.2) is 13.1 Å². The van der Waals surface area contributed by atoms with Crippen LogP contribution in [0.2, 0.25) is 0 Å². The maximum absolute atomic E-state index is 12.6. The van der Waals surface area contributed by atoms with Crippen LogP contribution in [-0.4, -0.2) is 50.4 Å². The molecule has 1 aromatic rings. The fourth-order valence-electron chi connectivity index (χ4n) is 3.34. The van der Waals surface area contributed by atoms with Gasteiger partial charge in [-0.3, -0.25) is 9.59 Å². The van der Waals surface area contributed by atoms with Crippen LogP contribution >= 0.6 is 0 Å². The monoisotopic (exact) mass is 352 g/mol. The van der Waals surface area contributed by atoms with E-state index in [1.807, 2.05) is 0 Å². The van der Waals surface area contributed by atoms with Crippen molar-refractivity contribution < 1.29 is 23.1 Å². The molecule has 2 atom stereocenters. The van der Waals surface area contributed by atoms with Crippen LogP contribution in [0.15, 0.2) is 29.2 Å². The van der Waals surface area contributed by atoms with Crippen LogP contribution in [0.5, 0.6) is 0 Å². The minimum absolute atomic E-state index is 0.0235. The van der Waals surface area contributed by atoms with Crippen molar-refractivity contribution in [3.05, 3.63) is 29.8 Å². The van der Waals surface area contributed by atoms with Crippen LogP contribution < -0.4 is 4.72 Å². The zero-order valence-corrected chi connectivity index (χ0v) is 14.1. The van der Waals surface area contributed by atoms with Gasteiger partial charge in [0.25, 0.3) is 5.91 Å². The summed E-state index contributed by atoms with van der Waals surface area (Å²) in [6.07, 6.45) is 2.07. The fourth-order valence-corrected chi connectivity index (χ4v) is 4.07. The molecule has 7 nitrogen and oxygen atoms in total. The number of carboxylic acid groups (broad SMARTS) is 1. The normalized spacial score (nSPS) is 24.1. The molecule has 0 unspecified atom stereocenters. The third-order valence-electron chi connectivity index (χ3n) is 4.88. The summed E-state index contributed by atoms with van der Waals surface area (Å²) in [5, 5.41) is 9.37. The van der Waals surface area contributed by atoms with Gasteiger partial charge in [-0.2, -0.15) is 0 Å². The lowest BCUT2D eigenvalue weighted by Gasteiger charge is -2.16. The summed E-state index contributed by atoms with van der Waals surface area (Å²) in [6.45, 7) is 0.670. The molecule has 1 aliphatic carbocycles. The van der Waals surface area contributed by atoms with Crippen LogP contribution in [0.25, 0.3) is 0 Å². The first-order valence-electron chi connectivity index (χ1n) is 7.89. The lowest BCUT2D eigenvalue weighted by Crippen LogP contribution is -2.30. The van der Waals surface area contributed by atoms with Gasteiger partial charge in [-0.1, -0.05) is 0 Å². The molecule has 1 aliphatic heterocycles. The lowest BCUT2D eigenvalue weighted by molar-refractivity contribution is -0.142. The van der Waals surface area contributed by atoms with Gasteiger partial charge in [-0.05, 0) is 56.0 Å². The van der Waals surface area contributed by atoms with E-state index in [1.54, 1.807) is 4.90 Å². The van der Waals surface area contributed by atoms with Crippen LogP contribution in [0.1, 0.15) is 23.2 Å². The third kappa shape index (κ3) is 3.16. The molecule has 130 valence electrons. The maximum atomic E-state index is 12.6. The summed E-state index contributed by atoms with van der Waals surface area (Å²) < 4.78 is 25.6. The van der Waals surface area contributed by atoms with E-state index in [2.05, 4.69) is 4.72 Å². The number of nitrogens with zero attached hydrogens (tertiary/aromatic N) is 1. The standard InChI is InChI=1S/C16H20N2O5S/c1-17-24(22,23)12-6-4-11(5-7-12)15(19)18-8-13(10-2-3-10)14(9-18)16(20)21/h4-7,10,13-14,17H,2-3,8-9H2,1H3,(H,20,21)/t13-,14+/m1/s1. The van der Waals surface area contributed by atoms with Crippen molar-refractivity contribution in [1.82, 2.24) is 9.62 Å². The second-order valence-corrected chi connectivity index (χ2v) is 8.27. The fraction of sp³-hybridized carbons (Fsp3) is 0.500. The first-order chi connectivity index (χ1) is 11.3. The molecule has 3 rings (SSSR count). The average molecular weight is 352 g/mol. The molecule has 2 N–H and O–H groups in total. The molecule has 1 aromatic carbocycles. The largest absolute Gasteiger partial charge is 0.481 e. The highest BCUT2D eigenvalue weighted by Crippen LogP contribution is 2.44. The average Bonchev–Trinajstić information content (AvgIpc) is 3.32. The van der Waals surface area contributed by atoms with Gasteiger partial charge < -0.3 is 10.0 Å². The Bertz CT molecular complexity index is 755. The van der Waals surface area contributed by atoms with Crippen molar-refractivity contribution in [2.75, 3.05) is 20.1 Å². The zero-order chi connectivity index (χ0) is 17.5. The number of nitrogens with one attached hydrogen (secondary N) is 1. The Morgan fingerprint density at radius 2 is 1.79 bits per heavy atom. The van der Waals surface area contributed by atoms with E-state index in [0.29, 0.717) is 18.0 Å². The number of carboxylic acids is 1. The number of likely N-dealkylation sites (tertiary alicyclic amines) is 1. The summed E-state index contributed by atoms with van der Waals surface area (Å²) in [7, 11) is -2.22. The first kappa shape index (κ1) is 16.9. The highest BCUT2D eigenvalue weighted by molar-refractivity contribution is 7.89. The molecule has 0 aromatic heterocycles. The number of benzene rings is 1. The molecule has 0 radical (unpaired) electrons. The highest BCUT2D eigenvalue weighted by Gasteiger charge is 2.46. The minimum Gasteiger partial charge on any atom is -0.481 e. The summed E-state index contributed by atoms with van der Waals surface area (Å²) in [5.41, 5.74) is 0.366. The van der Waals surface area contributed by atoms with Crippen molar-refractivity contribution in [3.63, 3.8) is 0 Å². The van der Waals surface area contributed by atoms with Crippen molar-refractivity contribution >= 4 is 21.9 Å². The van der Waals surface area contributed by atoms with E-state index in [1.165, 1.54) is 31.3 Å². The van der Waals surface area contributed by atoms with E-state index in [0.717, 1.165) is 12.8 Å². The number of sulfonamides is 1. The van der Waals surface area contributed by atoms with Crippen LogP contribution in [-0.2, 0) is 14.8 Å². The summed E-state index contributed by atoms with van der Waals surface area (Å²) in [5.74, 6) is -1.18. The van der Waals surface area contributed by atoms with E-state index < -0.39 is 21.9 Å². The molecule has 0 spiro atoms. The quantitative estimate of drug-likeness (QED) is 0.815. The minimum atomic E-state index is -3.54. The third-order valence-corrected chi connectivity index (χ3v) is 6.31. The van der Waals surface area contributed by atoms with E-state index in [4.69, 9.17) is 0 Å². The van der Waals surface area contributed by atoms with Crippen LogP contribution in [0.4, 0.5) is 0 Å². The van der Waals surface area contributed by atoms with Gasteiger partial charge in [-0.15, -0.1) is 0 Å². The number of hydrogen-bond donors (Lipinski definition) is 2. The van der Waals surface area contributed by atoms with Gasteiger partial charge in [0.05, 0.1) is 10.8 Å². The molecule has 1 heterocycles. The molecule has 1 saturated heterocycles. The Labute approximate surface area is 140 Å². The van der Waals surface area contributed by atoms with Crippen LogP contribution in [0.3, 0.4) is 0 Å². The van der Waals surface area contributed by atoms with Gasteiger partial charge in [0, 0.05) is 18.7 Å². The van der Waals surface area contributed by atoms with Gasteiger partial charge >= 0.3 is 5.97 Å². The number of carbonyl (C=O) groups is 2. The Balaban J connectivity index is 1.76. The molecule has 2 fully saturated rings. The predicted molar refractivity (Wildman–Crippen MR) is 85.9 cm³/mol. The highest BCUT2D eigenvalue weighted by atomic mass is 32.2. The Hall–Kier alpha value is -1.93. The Kier molecular flexibility index (Phi) is 4.35. The molecule has 8 heteroatoms. The first-order valence-corrected chi connectivity index (χ1v) is 9.37. The smallest absolute Gasteiger partial charge is 0.308 e. The SMILES string of the molecule is CNS(=O)(=O)c1ccc(C(=O)N2C[C@H](C(=O)O)[C@@H](C3CC3)C2)cc1. The second-order valence-electron chi connectivity index (χ2n) is 6.39. The summed E-state index contributed by atoms with van der Waals surface area (Å²) in [6, 6.07) is 5.68. The van der Waals surface area contributed by atoms with Gasteiger partial charge in [0.1, 0.15) is 0 Å². The van der Waals surface area contributed by atoms with E-state index in [9.17, 15) is 23.1 Å². The molecular formula is C16H20N2O5S. The summed E-state index contributed by atoms with van der Waals surface area (Å²) >= 11 is 0. The van der Waals surface area contributed by atoms with Crippen molar-refractivity contribution in [2.45, 2.75) is 17.7 Å². The molecule has 2 aliphatic rings.